The van der Waals surface area contributed by atoms with E-state index in [0.29, 0.717) is 6.04 Å². The van der Waals surface area contributed by atoms with Gasteiger partial charge in [-0.15, -0.1) is 0 Å². The van der Waals surface area contributed by atoms with Gasteiger partial charge >= 0.3 is 0 Å². The second kappa shape index (κ2) is 5.00. The zero-order valence-corrected chi connectivity index (χ0v) is 11.0. The van der Waals surface area contributed by atoms with Crippen molar-refractivity contribution in [1.82, 2.24) is 5.32 Å². The van der Waals surface area contributed by atoms with E-state index in [2.05, 4.69) is 18.3 Å². The van der Waals surface area contributed by atoms with Gasteiger partial charge in [0.2, 0.25) is 0 Å². The lowest BCUT2D eigenvalue weighted by molar-refractivity contribution is 0.416. The van der Waals surface area contributed by atoms with Crippen LogP contribution in [-0.2, 0) is 0 Å². The minimum atomic E-state index is -0.110. The van der Waals surface area contributed by atoms with Gasteiger partial charge in [0.15, 0.2) is 0 Å². The van der Waals surface area contributed by atoms with Gasteiger partial charge in [0.05, 0.1) is 0 Å². The van der Waals surface area contributed by atoms with Crippen molar-refractivity contribution in [2.75, 3.05) is 6.54 Å². The molecule has 0 spiro atoms. The minimum absolute atomic E-state index is 0.110. The lowest BCUT2D eigenvalue weighted by Crippen LogP contribution is -2.25. The molecule has 0 saturated heterocycles. The van der Waals surface area contributed by atoms with Crippen molar-refractivity contribution < 1.29 is 4.39 Å². The summed E-state index contributed by atoms with van der Waals surface area (Å²) in [6.07, 6.45) is 5.30. The summed E-state index contributed by atoms with van der Waals surface area (Å²) < 4.78 is 13.4. The molecule has 18 heavy (non-hydrogen) atoms. The van der Waals surface area contributed by atoms with E-state index in [4.69, 9.17) is 0 Å². The minimum Gasteiger partial charge on any atom is -0.310 e. The molecule has 2 heteroatoms. The molecule has 0 aromatic heterocycles. The van der Waals surface area contributed by atoms with Crippen LogP contribution in [0, 0.1) is 23.6 Å². The summed E-state index contributed by atoms with van der Waals surface area (Å²) in [4.78, 5) is 0. The summed E-state index contributed by atoms with van der Waals surface area (Å²) >= 11 is 0. The fraction of sp³-hybridized carbons (Fsp3) is 0.625. The highest BCUT2D eigenvalue weighted by Crippen LogP contribution is 2.62. The molecular formula is C16H22FN. The Morgan fingerprint density at radius 2 is 2.11 bits per heavy atom. The SMILES string of the molecule is CCCNC(c1cccc(F)c1)C1C2CCCC21. The van der Waals surface area contributed by atoms with E-state index in [1.807, 2.05) is 6.07 Å². The third-order valence-electron chi connectivity index (χ3n) is 4.68. The number of halogens is 1. The van der Waals surface area contributed by atoms with Gasteiger partial charge in [-0.05, 0) is 61.3 Å². The van der Waals surface area contributed by atoms with Crippen LogP contribution in [-0.4, -0.2) is 6.54 Å². The maximum absolute atomic E-state index is 13.4. The lowest BCUT2D eigenvalue weighted by atomic mass is 9.96. The topological polar surface area (TPSA) is 12.0 Å². The number of benzene rings is 1. The van der Waals surface area contributed by atoms with E-state index in [1.165, 1.54) is 25.3 Å². The largest absolute Gasteiger partial charge is 0.310 e. The molecule has 2 fully saturated rings. The summed E-state index contributed by atoms with van der Waals surface area (Å²) in [5.74, 6) is 2.46. The maximum Gasteiger partial charge on any atom is 0.123 e. The second-order valence-corrected chi connectivity index (χ2v) is 5.82. The molecule has 3 rings (SSSR count). The third-order valence-corrected chi connectivity index (χ3v) is 4.68. The Bertz CT molecular complexity index is 407. The van der Waals surface area contributed by atoms with E-state index in [0.717, 1.165) is 36.3 Å². The molecule has 0 heterocycles. The number of nitrogens with one attached hydrogen (secondary N) is 1. The molecular weight excluding hydrogens is 225 g/mol. The molecule has 0 radical (unpaired) electrons. The Morgan fingerprint density at radius 3 is 2.78 bits per heavy atom. The van der Waals surface area contributed by atoms with Crippen LogP contribution in [0.4, 0.5) is 4.39 Å². The molecule has 1 nitrogen and oxygen atoms in total. The average molecular weight is 247 g/mol. The molecule has 1 aromatic carbocycles. The van der Waals surface area contributed by atoms with Crippen LogP contribution in [0.1, 0.15) is 44.2 Å². The third kappa shape index (κ3) is 2.18. The summed E-state index contributed by atoms with van der Waals surface area (Å²) in [5, 5.41) is 3.64. The first kappa shape index (κ1) is 12.2. The quantitative estimate of drug-likeness (QED) is 0.831. The molecule has 98 valence electrons. The van der Waals surface area contributed by atoms with Gasteiger partial charge in [-0.1, -0.05) is 25.5 Å². The smallest absolute Gasteiger partial charge is 0.123 e. The summed E-state index contributed by atoms with van der Waals surface area (Å²) in [6.45, 7) is 3.21. The highest BCUT2D eigenvalue weighted by molar-refractivity contribution is 5.24. The Balaban J connectivity index is 1.77. The number of hydrogen-bond acceptors (Lipinski definition) is 1. The standard InChI is InChI=1S/C16H22FN/c1-2-9-18-16(11-5-3-6-12(17)10-11)15-13-7-4-8-14(13)15/h3,5-6,10,13-16,18H,2,4,7-9H2,1H3. The van der Waals surface area contributed by atoms with Gasteiger partial charge in [-0.3, -0.25) is 0 Å². The van der Waals surface area contributed by atoms with Crippen molar-refractivity contribution >= 4 is 0 Å². The fourth-order valence-corrected chi connectivity index (χ4v) is 3.85. The summed E-state index contributed by atoms with van der Waals surface area (Å²) in [6, 6.07) is 7.53. The zero-order chi connectivity index (χ0) is 12.5. The number of hydrogen-bond donors (Lipinski definition) is 1. The van der Waals surface area contributed by atoms with Crippen LogP contribution in [0.5, 0.6) is 0 Å². The fourth-order valence-electron chi connectivity index (χ4n) is 3.85. The second-order valence-electron chi connectivity index (χ2n) is 5.82. The highest BCUT2D eigenvalue weighted by atomic mass is 19.1. The van der Waals surface area contributed by atoms with Crippen LogP contribution in [0.3, 0.4) is 0 Å². The molecule has 0 bridgehead atoms. The lowest BCUT2D eigenvalue weighted by Gasteiger charge is -2.21. The normalized spacial score (nSPS) is 31.1. The molecule has 2 aliphatic rings. The van der Waals surface area contributed by atoms with Crippen LogP contribution in [0.2, 0.25) is 0 Å². The first-order valence-corrected chi connectivity index (χ1v) is 7.30. The van der Waals surface area contributed by atoms with Crippen molar-refractivity contribution in [3.05, 3.63) is 35.6 Å². The van der Waals surface area contributed by atoms with Crippen LogP contribution in [0.25, 0.3) is 0 Å². The van der Waals surface area contributed by atoms with Gasteiger partial charge in [0.25, 0.3) is 0 Å². The van der Waals surface area contributed by atoms with Gasteiger partial charge in [0.1, 0.15) is 5.82 Å². The highest BCUT2D eigenvalue weighted by Gasteiger charge is 2.55. The average Bonchev–Trinajstić information content (AvgIpc) is 2.84. The molecule has 1 N–H and O–H groups in total. The maximum atomic E-state index is 13.4. The Kier molecular flexibility index (Phi) is 3.38. The molecule has 2 aliphatic carbocycles. The molecule has 0 aliphatic heterocycles. The van der Waals surface area contributed by atoms with Crippen molar-refractivity contribution in [1.29, 1.82) is 0 Å². The molecule has 2 saturated carbocycles. The van der Waals surface area contributed by atoms with Crippen molar-refractivity contribution in [3.63, 3.8) is 0 Å². The van der Waals surface area contributed by atoms with Gasteiger partial charge in [-0.25, -0.2) is 4.39 Å². The van der Waals surface area contributed by atoms with Crippen LogP contribution >= 0.6 is 0 Å². The molecule has 0 amide bonds. The van der Waals surface area contributed by atoms with E-state index in [1.54, 1.807) is 6.07 Å². The van der Waals surface area contributed by atoms with E-state index < -0.39 is 0 Å². The molecule has 3 atom stereocenters. The predicted molar refractivity (Wildman–Crippen MR) is 71.8 cm³/mol. The predicted octanol–water partition coefficient (Wildman–Crippen LogP) is 3.91. The first-order chi connectivity index (χ1) is 8.81. The monoisotopic (exact) mass is 247 g/mol. The molecule has 1 aromatic rings. The van der Waals surface area contributed by atoms with Crippen molar-refractivity contribution in [2.45, 2.75) is 38.6 Å². The van der Waals surface area contributed by atoms with Gasteiger partial charge in [-0.2, -0.15) is 0 Å². The van der Waals surface area contributed by atoms with Crippen molar-refractivity contribution in [2.24, 2.45) is 17.8 Å². The summed E-state index contributed by atoms with van der Waals surface area (Å²) in [5.41, 5.74) is 1.14. The van der Waals surface area contributed by atoms with Gasteiger partial charge < -0.3 is 5.32 Å². The Labute approximate surface area is 109 Å². The Morgan fingerprint density at radius 1 is 1.33 bits per heavy atom. The van der Waals surface area contributed by atoms with Crippen LogP contribution in [0.15, 0.2) is 24.3 Å². The van der Waals surface area contributed by atoms with Gasteiger partial charge in [0, 0.05) is 6.04 Å². The zero-order valence-electron chi connectivity index (χ0n) is 11.0. The Hall–Kier alpha value is -0.890. The first-order valence-electron chi connectivity index (χ1n) is 7.30. The van der Waals surface area contributed by atoms with Crippen molar-refractivity contribution in [3.8, 4) is 0 Å². The number of fused-ring (bicyclic) bond motifs is 1. The van der Waals surface area contributed by atoms with Crippen LogP contribution < -0.4 is 5.32 Å². The summed E-state index contributed by atoms with van der Waals surface area (Å²) in [7, 11) is 0. The molecule has 3 unspecified atom stereocenters. The van der Waals surface area contributed by atoms with E-state index >= 15 is 0 Å². The van der Waals surface area contributed by atoms with E-state index in [9.17, 15) is 4.39 Å². The van der Waals surface area contributed by atoms with E-state index in [-0.39, 0.29) is 5.82 Å². The number of rotatable bonds is 5.